The standard InChI is InChI=1S/C12H18N2O2/c13-4-9-3-12(15-8-9)7-14-5-10-1-2-11(6-14)16-10/h3,8,10-11H,1-2,4-7,13H2. The number of furan rings is 1. The molecule has 2 atom stereocenters. The molecule has 3 rings (SSSR count). The molecule has 0 saturated carbocycles. The molecule has 0 aromatic carbocycles. The summed E-state index contributed by atoms with van der Waals surface area (Å²) in [6, 6.07) is 2.05. The van der Waals surface area contributed by atoms with Crippen molar-refractivity contribution < 1.29 is 9.15 Å². The number of hydrogen-bond acceptors (Lipinski definition) is 4. The fourth-order valence-electron chi connectivity index (χ4n) is 2.66. The zero-order valence-electron chi connectivity index (χ0n) is 9.39. The molecule has 2 aliphatic heterocycles. The largest absolute Gasteiger partial charge is 0.468 e. The Kier molecular flexibility index (Phi) is 2.71. The molecule has 2 saturated heterocycles. The number of rotatable bonds is 3. The van der Waals surface area contributed by atoms with Crippen LogP contribution in [0.25, 0.3) is 0 Å². The predicted molar refractivity (Wildman–Crippen MR) is 59.8 cm³/mol. The second-order valence-corrected chi connectivity index (χ2v) is 4.78. The molecule has 2 fully saturated rings. The van der Waals surface area contributed by atoms with Crippen molar-refractivity contribution in [1.82, 2.24) is 4.90 Å². The summed E-state index contributed by atoms with van der Waals surface area (Å²) >= 11 is 0. The van der Waals surface area contributed by atoms with Gasteiger partial charge < -0.3 is 14.9 Å². The number of fused-ring (bicyclic) bond motifs is 2. The van der Waals surface area contributed by atoms with Crippen LogP contribution in [0, 0.1) is 0 Å². The van der Waals surface area contributed by atoms with Gasteiger partial charge in [0.2, 0.25) is 0 Å². The third-order valence-corrected chi connectivity index (χ3v) is 3.44. The highest BCUT2D eigenvalue weighted by Gasteiger charge is 2.33. The van der Waals surface area contributed by atoms with Crippen LogP contribution in [-0.4, -0.2) is 30.2 Å². The SMILES string of the molecule is NCc1coc(CN2CC3CCC(C2)O3)c1. The van der Waals surface area contributed by atoms with E-state index in [1.165, 1.54) is 12.8 Å². The van der Waals surface area contributed by atoms with Gasteiger partial charge in [-0.25, -0.2) is 0 Å². The quantitative estimate of drug-likeness (QED) is 0.832. The molecule has 88 valence electrons. The number of nitrogens with two attached hydrogens (primary N) is 1. The van der Waals surface area contributed by atoms with Crippen molar-refractivity contribution in [3.05, 3.63) is 23.7 Å². The summed E-state index contributed by atoms with van der Waals surface area (Å²) in [4.78, 5) is 2.42. The van der Waals surface area contributed by atoms with Gasteiger partial charge in [0.05, 0.1) is 25.0 Å². The molecule has 3 heterocycles. The van der Waals surface area contributed by atoms with E-state index in [0.29, 0.717) is 18.8 Å². The van der Waals surface area contributed by atoms with Crippen LogP contribution >= 0.6 is 0 Å². The minimum atomic E-state index is 0.447. The Labute approximate surface area is 95.3 Å². The molecule has 1 aromatic rings. The van der Waals surface area contributed by atoms with Gasteiger partial charge in [0.1, 0.15) is 5.76 Å². The maximum atomic E-state index is 5.80. The van der Waals surface area contributed by atoms with Crippen molar-refractivity contribution in [2.75, 3.05) is 13.1 Å². The van der Waals surface area contributed by atoms with Crippen molar-refractivity contribution in [3.63, 3.8) is 0 Å². The fourth-order valence-corrected chi connectivity index (χ4v) is 2.66. The van der Waals surface area contributed by atoms with Crippen LogP contribution in [0.5, 0.6) is 0 Å². The van der Waals surface area contributed by atoms with Gasteiger partial charge >= 0.3 is 0 Å². The first kappa shape index (κ1) is 10.3. The number of hydrogen-bond donors (Lipinski definition) is 1. The van der Waals surface area contributed by atoms with Crippen molar-refractivity contribution in [2.24, 2.45) is 5.73 Å². The van der Waals surface area contributed by atoms with E-state index >= 15 is 0 Å². The smallest absolute Gasteiger partial charge is 0.118 e. The van der Waals surface area contributed by atoms with Crippen molar-refractivity contribution in [3.8, 4) is 0 Å². The third kappa shape index (κ3) is 2.00. The van der Waals surface area contributed by atoms with Crippen molar-refractivity contribution in [2.45, 2.75) is 38.1 Å². The molecule has 1 aromatic heterocycles. The van der Waals surface area contributed by atoms with E-state index < -0.39 is 0 Å². The fraction of sp³-hybridized carbons (Fsp3) is 0.667. The highest BCUT2D eigenvalue weighted by atomic mass is 16.5. The number of morpholine rings is 1. The Morgan fingerprint density at radius 3 is 2.69 bits per heavy atom. The zero-order chi connectivity index (χ0) is 11.0. The summed E-state index contributed by atoms with van der Waals surface area (Å²) in [5.41, 5.74) is 6.63. The van der Waals surface area contributed by atoms with Gasteiger partial charge in [-0.2, -0.15) is 0 Å². The Balaban J connectivity index is 1.62. The molecular formula is C12H18N2O2. The second kappa shape index (κ2) is 4.20. The summed E-state index contributed by atoms with van der Waals surface area (Å²) in [5, 5.41) is 0. The maximum absolute atomic E-state index is 5.80. The molecule has 0 aliphatic carbocycles. The average Bonchev–Trinajstić information content (AvgIpc) is 2.86. The van der Waals surface area contributed by atoms with Crippen molar-refractivity contribution in [1.29, 1.82) is 0 Å². The van der Waals surface area contributed by atoms with E-state index in [1.807, 2.05) is 0 Å². The monoisotopic (exact) mass is 222 g/mol. The van der Waals surface area contributed by atoms with Crippen LogP contribution in [0.15, 0.2) is 16.7 Å². The molecule has 0 spiro atoms. The van der Waals surface area contributed by atoms with Crippen molar-refractivity contribution >= 4 is 0 Å². The van der Waals surface area contributed by atoms with Gasteiger partial charge in [-0.15, -0.1) is 0 Å². The summed E-state index contributed by atoms with van der Waals surface area (Å²) in [5.74, 6) is 1.02. The van der Waals surface area contributed by atoms with Crippen LogP contribution in [-0.2, 0) is 17.8 Å². The molecule has 2 bridgehead atoms. The van der Waals surface area contributed by atoms with E-state index in [-0.39, 0.29) is 0 Å². The van der Waals surface area contributed by atoms with E-state index in [4.69, 9.17) is 14.9 Å². The zero-order valence-corrected chi connectivity index (χ0v) is 9.39. The summed E-state index contributed by atoms with van der Waals surface area (Å²) in [6.45, 7) is 3.51. The Morgan fingerprint density at radius 2 is 2.06 bits per heavy atom. The molecule has 2 unspecified atom stereocenters. The van der Waals surface area contributed by atoms with Gasteiger partial charge in [-0.1, -0.05) is 0 Å². The van der Waals surface area contributed by atoms with E-state index in [0.717, 1.165) is 31.0 Å². The van der Waals surface area contributed by atoms with Gasteiger partial charge in [0, 0.05) is 25.2 Å². The minimum Gasteiger partial charge on any atom is -0.468 e. The molecule has 2 N–H and O–H groups in total. The van der Waals surface area contributed by atoms with Crippen LogP contribution in [0.2, 0.25) is 0 Å². The lowest BCUT2D eigenvalue weighted by Crippen LogP contribution is -2.41. The topological polar surface area (TPSA) is 51.6 Å². The van der Waals surface area contributed by atoms with Gasteiger partial charge in [0.25, 0.3) is 0 Å². The average molecular weight is 222 g/mol. The summed E-state index contributed by atoms with van der Waals surface area (Å²) in [7, 11) is 0. The number of likely N-dealkylation sites (tertiary alicyclic amines) is 1. The van der Waals surface area contributed by atoms with E-state index in [1.54, 1.807) is 6.26 Å². The Hall–Kier alpha value is -0.840. The molecule has 4 heteroatoms. The second-order valence-electron chi connectivity index (χ2n) is 4.78. The molecular weight excluding hydrogens is 204 g/mol. The van der Waals surface area contributed by atoms with Crippen LogP contribution in [0.1, 0.15) is 24.2 Å². The van der Waals surface area contributed by atoms with Crippen LogP contribution in [0.3, 0.4) is 0 Å². The van der Waals surface area contributed by atoms with Gasteiger partial charge in [-0.3, -0.25) is 4.90 Å². The summed E-state index contributed by atoms with van der Waals surface area (Å²) < 4.78 is 11.3. The van der Waals surface area contributed by atoms with E-state index in [2.05, 4.69) is 11.0 Å². The first-order valence-electron chi connectivity index (χ1n) is 5.97. The number of ether oxygens (including phenoxy) is 1. The Morgan fingerprint density at radius 1 is 1.31 bits per heavy atom. The number of nitrogens with zero attached hydrogens (tertiary/aromatic N) is 1. The lowest BCUT2D eigenvalue weighted by atomic mass is 10.2. The molecule has 0 radical (unpaired) electrons. The maximum Gasteiger partial charge on any atom is 0.118 e. The Bertz CT molecular complexity index is 352. The van der Waals surface area contributed by atoms with E-state index in [9.17, 15) is 0 Å². The van der Waals surface area contributed by atoms with Gasteiger partial charge in [-0.05, 0) is 18.9 Å². The van der Waals surface area contributed by atoms with Crippen LogP contribution < -0.4 is 5.73 Å². The first-order valence-corrected chi connectivity index (χ1v) is 5.97. The predicted octanol–water partition coefficient (Wildman–Crippen LogP) is 1.10. The lowest BCUT2D eigenvalue weighted by molar-refractivity contribution is -0.0427. The molecule has 4 nitrogen and oxygen atoms in total. The van der Waals surface area contributed by atoms with Crippen LogP contribution in [0.4, 0.5) is 0 Å². The highest BCUT2D eigenvalue weighted by Crippen LogP contribution is 2.27. The normalized spacial score (nSPS) is 29.8. The molecule has 16 heavy (non-hydrogen) atoms. The lowest BCUT2D eigenvalue weighted by Gasteiger charge is -2.31. The minimum absolute atomic E-state index is 0.447. The molecule has 0 amide bonds. The van der Waals surface area contributed by atoms with Gasteiger partial charge in [0.15, 0.2) is 0 Å². The first-order chi connectivity index (χ1) is 7.83. The molecule has 2 aliphatic rings. The third-order valence-electron chi connectivity index (χ3n) is 3.44. The summed E-state index contributed by atoms with van der Waals surface area (Å²) in [6.07, 6.45) is 5.08. The highest BCUT2D eigenvalue weighted by molar-refractivity contribution is 5.12.